The van der Waals surface area contributed by atoms with Gasteiger partial charge in [-0.2, -0.15) is 5.10 Å². The molecule has 0 radical (unpaired) electrons. The number of aromatic nitrogens is 2. The number of thiocarbonyl (C=S) groups is 1. The van der Waals surface area contributed by atoms with E-state index in [0.29, 0.717) is 28.6 Å². The van der Waals surface area contributed by atoms with E-state index < -0.39 is 0 Å². The summed E-state index contributed by atoms with van der Waals surface area (Å²) in [5.41, 5.74) is 1.90. The standard InChI is InChI=1S/C17H14F2N4S/c18-13-5-7-14(8-6-13)21-17(24)22-15-9-20-23(11-15)10-12-3-1-2-4-16(12)19/h1-9,11H,10H2,(H2,21,22,24). The van der Waals surface area contributed by atoms with E-state index >= 15 is 0 Å². The highest BCUT2D eigenvalue weighted by atomic mass is 32.1. The summed E-state index contributed by atoms with van der Waals surface area (Å²) in [7, 11) is 0. The van der Waals surface area contributed by atoms with Crippen molar-refractivity contribution in [3.63, 3.8) is 0 Å². The van der Waals surface area contributed by atoms with Crippen LogP contribution < -0.4 is 10.6 Å². The van der Waals surface area contributed by atoms with Crippen LogP contribution >= 0.6 is 12.2 Å². The number of hydrogen-bond donors (Lipinski definition) is 2. The maximum absolute atomic E-state index is 13.6. The minimum Gasteiger partial charge on any atom is -0.332 e. The van der Waals surface area contributed by atoms with Crippen LogP contribution in [0, 0.1) is 11.6 Å². The van der Waals surface area contributed by atoms with Gasteiger partial charge in [-0.15, -0.1) is 0 Å². The molecule has 0 fully saturated rings. The monoisotopic (exact) mass is 344 g/mol. The number of hydrogen-bond acceptors (Lipinski definition) is 2. The lowest BCUT2D eigenvalue weighted by atomic mass is 10.2. The largest absolute Gasteiger partial charge is 0.332 e. The van der Waals surface area contributed by atoms with Crippen LogP contribution in [0.3, 0.4) is 0 Å². The van der Waals surface area contributed by atoms with Crippen LogP contribution in [0.15, 0.2) is 60.9 Å². The number of anilines is 2. The summed E-state index contributed by atoms with van der Waals surface area (Å²) in [6.45, 7) is 0.326. The zero-order chi connectivity index (χ0) is 16.9. The van der Waals surface area contributed by atoms with Crippen LogP contribution in [-0.2, 0) is 6.54 Å². The summed E-state index contributed by atoms with van der Waals surface area (Å²) in [5.74, 6) is -0.579. The predicted octanol–water partition coefficient (Wildman–Crippen LogP) is 4.02. The van der Waals surface area contributed by atoms with Crippen LogP contribution in [0.5, 0.6) is 0 Å². The van der Waals surface area contributed by atoms with Gasteiger partial charge in [0.15, 0.2) is 5.11 Å². The smallest absolute Gasteiger partial charge is 0.175 e. The second-order valence-corrected chi connectivity index (χ2v) is 5.51. The van der Waals surface area contributed by atoms with Crippen LogP contribution in [0.25, 0.3) is 0 Å². The molecule has 24 heavy (non-hydrogen) atoms. The molecular formula is C17H14F2N4S. The summed E-state index contributed by atoms with van der Waals surface area (Å²) in [4.78, 5) is 0. The molecule has 2 aromatic carbocycles. The highest BCUT2D eigenvalue weighted by Crippen LogP contribution is 2.12. The van der Waals surface area contributed by atoms with Crippen LogP contribution in [0.4, 0.5) is 20.2 Å². The molecule has 0 aliphatic heterocycles. The lowest BCUT2D eigenvalue weighted by Crippen LogP contribution is -2.18. The highest BCUT2D eigenvalue weighted by molar-refractivity contribution is 7.80. The second kappa shape index (κ2) is 7.18. The normalized spacial score (nSPS) is 10.4. The first-order chi connectivity index (χ1) is 11.6. The van der Waals surface area contributed by atoms with Crippen molar-refractivity contribution in [3.05, 3.63) is 78.1 Å². The minimum absolute atomic E-state index is 0.268. The molecule has 1 heterocycles. The minimum atomic E-state index is -0.311. The van der Waals surface area contributed by atoms with Crippen LogP contribution in [0.1, 0.15) is 5.56 Å². The third-order valence-electron chi connectivity index (χ3n) is 3.28. The van der Waals surface area contributed by atoms with Crippen molar-refractivity contribution in [1.29, 1.82) is 0 Å². The number of rotatable bonds is 4. The van der Waals surface area contributed by atoms with Gasteiger partial charge in [0.05, 0.1) is 18.4 Å². The first-order valence-electron chi connectivity index (χ1n) is 7.19. The fraction of sp³-hybridized carbons (Fsp3) is 0.0588. The van der Waals surface area contributed by atoms with Crippen molar-refractivity contribution in [2.24, 2.45) is 0 Å². The summed E-state index contributed by atoms with van der Waals surface area (Å²) < 4.78 is 28.1. The number of halogens is 2. The zero-order valence-electron chi connectivity index (χ0n) is 12.5. The Bertz CT molecular complexity index is 846. The van der Waals surface area contributed by atoms with Gasteiger partial charge in [0.1, 0.15) is 11.6 Å². The van der Waals surface area contributed by atoms with Gasteiger partial charge < -0.3 is 10.6 Å². The van der Waals surface area contributed by atoms with E-state index in [1.807, 2.05) is 0 Å². The number of nitrogens with zero attached hydrogens (tertiary/aromatic N) is 2. The third kappa shape index (κ3) is 4.14. The molecule has 2 N–H and O–H groups in total. The van der Waals surface area contributed by atoms with Gasteiger partial charge in [-0.3, -0.25) is 4.68 Å². The van der Waals surface area contributed by atoms with Gasteiger partial charge in [-0.05, 0) is 42.5 Å². The lowest BCUT2D eigenvalue weighted by Gasteiger charge is -2.08. The molecule has 0 unspecified atom stereocenters. The van der Waals surface area contributed by atoms with E-state index in [1.165, 1.54) is 18.2 Å². The van der Waals surface area contributed by atoms with E-state index in [0.717, 1.165) is 0 Å². The molecule has 3 rings (SSSR count). The molecule has 0 amide bonds. The maximum Gasteiger partial charge on any atom is 0.175 e. The van der Waals surface area contributed by atoms with Gasteiger partial charge in [0.25, 0.3) is 0 Å². The molecule has 122 valence electrons. The summed E-state index contributed by atoms with van der Waals surface area (Å²) >= 11 is 5.20. The summed E-state index contributed by atoms with van der Waals surface area (Å²) in [6, 6.07) is 12.4. The van der Waals surface area contributed by atoms with E-state index in [4.69, 9.17) is 12.2 Å². The van der Waals surface area contributed by atoms with Crippen molar-refractivity contribution in [2.45, 2.75) is 6.54 Å². The van der Waals surface area contributed by atoms with Crippen LogP contribution in [-0.4, -0.2) is 14.9 Å². The molecule has 0 atom stereocenters. The van der Waals surface area contributed by atoms with Crippen LogP contribution in [0.2, 0.25) is 0 Å². The number of nitrogens with one attached hydrogen (secondary N) is 2. The molecule has 0 aliphatic rings. The molecule has 0 bridgehead atoms. The Labute approximate surface area is 143 Å². The summed E-state index contributed by atoms with van der Waals surface area (Å²) in [5, 5.41) is 10.4. The van der Waals surface area contributed by atoms with Gasteiger partial charge in [-0.1, -0.05) is 18.2 Å². The molecule has 0 saturated carbocycles. The predicted molar refractivity (Wildman–Crippen MR) is 94.0 cm³/mol. The Morgan fingerprint density at radius 3 is 2.46 bits per heavy atom. The zero-order valence-corrected chi connectivity index (χ0v) is 13.4. The van der Waals surface area contributed by atoms with Crippen molar-refractivity contribution < 1.29 is 8.78 Å². The number of benzene rings is 2. The van der Waals surface area contributed by atoms with Crippen molar-refractivity contribution >= 4 is 28.7 Å². The Morgan fingerprint density at radius 1 is 1.00 bits per heavy atom. The average molecular weight is 344 g/mol. The fourth-order valence-electron chi connectivity index (χ4n) is 2.14. The van der Waals surface area contributed by atoms with Crippen molar-refractivity contribution in [2.75, 3.05) is 10.6 Å². The first kappa shape index (κ1) is 16.1. The Hall–Kier alpha value is -2.80. The third-order valence-corrected chi connectivity index (χ3v) is 3.49. The Kier molecular flexibility index (Phi) is 4.81. The van der Waals surface area contributed by atoms with E-state index in [9.17, 15) is 8.78 Å². The Balaban J connectivity index is 1.60. The highest BCUT2D eigenvalue weighted by Gasteiger charge is 2.05. The first-order valence-corrected chi connectivity index (χ1v) is 7.60. The van der Waals surface area contributed by atoms with Gasteiger partial charge in [-0.25, -0.2) is 8.78 Å². The molecule has 1 aromatic heterocycles. The van der Waals surface area contributed by atoms with E-state index in [-0.39, 0.29) is 11.6 Å². The average Bonchev–Trinajstić information content (AvgIpc) is 2.99. The second-order valence-electron chi connectivity index (χ2n) is 5.10. The quantitative estimate of drug-likeness (QED) is 0.702. The maximum atomic E-state index is 13.6. The fourth-order valence-corrected chi connectivity index (χ4v) is 2.38. The molecular weight excluding hydrogens is 330 g/mol. The van der Waals surface area contributed by atoms with Gasteiger partial charge >= 0.3 is 0 Å². The van der Waals surface area contributed by atoms with Crippen molar-refractivity contribution in [1.82, 2.24) is 9.78 Å². The molecule has 0 saturated heterocycles. The van der Waals surface area contributed by atoms with Crippen molar-refractivity contribution in [3.8, 4) is 0 Å². The van der Waals surface area contributed by atoms with Gasteiger partial charge in [0.2, 0.25) is 0 Å². The SMILES string of the molecule is Fc1ccc(NC(=S)Nc2cnn(Cc3ccccc3F)c2)cc1. The molecule has 3 aromatic rings. The lowest BCUT2D eigenvalue weighted by molar-refractivity contribution is 0.585. The van der Waals surface area contributed by atoms with Gasteiger partial charge in [0, 0.05) is 17.4 Å². The molecule has 7 heteroatoms. The molecule has 0 spiro atoms. The molecule has 0 aliphatic carbocycles. The van der Waals surface area contributed by atoms with E-state index in [1.54, 1.807) is 47.4 Å². The van der Waals surface area contributed by atoms with E-state index in [2.05, 4.69) is 15.7 Å². The topological polar surface area (TPSA) is 41.9 Å². The Morgan fingerprint density at radius 2 is 1.71 bits per heavy atom. The molecule has 4 nitrogen and oxygen atoms in total. The summed E-state index contributed by atoms with van der Waals surface area (Å²) in [6.07, 6.45) is 3.32.